The van der Waals surface area contributed by atoms with Crippen LogP contribution in [0.25, 0.3) is 17.1 Å². The van der Waals surface area contributed by atoms with Crippen LogP contribution in [0.4, 0.5) is 4.39 Å². The molecule has 4 rings (SSSR count). The second-order valence-electron chi connectivity index (χ2n) is 7.49. The van der Waals surface area contributed by atoms with E-state index in [0.717, 1.165) is 5.56 Å². The van der Waals surface area contributed by atoms with Crippen molar-refractivity contribution >= 4 is 17.6 Å². The molecule has 0 spiro atoms. The molecular formula is C25H20FN5O3. The Morgan fingerprint density at radius 2 is 1.71 bits per heavy atom. The Labute approximate surface area is 194 Å². The summed E-state index contributed by atoms with van der Waals surface area (Å²) in [5.74, 6) is -2.72. The first kappa shape index (κ1) is 22.5. The third-order valence-electron chi connectivity index (χ3n) is 5.15. The minimum absolute atomic E-state index is 0.101. The third kappa shape index (κ3) is 5.04. The number of hydrogen-bond donors (Lipinski definition) is 2. The molecule has 34 heavy (non-hydrogen) atoms. The van der Waals surface area contributed by atoms with Crippen molar-refractivity contribution in [1.29, 1.82) is 0 Å². The number of carbonyl (C=O) groups excluding carboxylic acids is 3. The van der Waals surface area contributed by atoms with Gasteiger partial charge >= 0.3 is 0 Å². The van der Waals surface area contributed by atoms with Crippen LogP contribution in [0, 0.1) is 5.82 Å². The number of aromatic nitrogens is 3. The zero-order chi connectivity index (χ0) is 24.1. The van der Waals surface area contributed by atoms with E-state index in [1.54, 1.807) is 59.3 Å². The number of nitrogens with zero attached hydrogens (tertiary/aromatic N) is 3. The molecule has 170 valence electrons. The summed E-state index contributed by atoms with van der Waals surface area (Å²) >= 11 is 0. The first-order chi connectivity index (χ1) is 16.4. The minimum atomic E-state index is -1.14. The molecule has 0 fully saturated rings. The van der Waals surface area contributed by atoms with Crippen molar-refractivity contribution in [3.8, 4) is 17.1 Å². The molecule has 0 aliphatic heterocycles. The summed E-state index contributed by atoms with van der Waals surface area (Å²) in [7, 11) is 0. The fourth-order valence-electron chi connectivity index (χ4n) is 3.46. The maximum absolute atomic E-state index is 13.2. The predicted octanol–water partition coefficient (Wildman–Crippen LogP) is 2.47. The van der Waals surface area contributed by atoms with E-state index in [0.29, 0.717) is 11.3 Å². The first-order valence-electron chi connectivity index (χ1n) is 10.4. The van der Waals surface area contributed by atoms with E-state index < -0.39 is 23.6 Å². The van der Waals surface area contributed by atoms with E-state index in [9.17, 15) is 18.8 Å². The van der Waals surface area contributed by atoms with Gasteiger partial charge in [-0.2, -0.15) is 0 Å². The lowest BCUT2D eigenvalue weighted by Gasteiger charge is -2.17. The highest BCUT2D eigenvalue weighted by molar-refractivity contribution is 6.38. The largest absolute Gasteiger partial charge is 0.363 e. The number of halogens is 1. The average molecular weight is 457 g/mol. The van der Waals surface area contributed by atoms with Gasteiger partial charge in [0, 0.05) is 24.4 Å². The Balaban J connectivity index is 1.61. The maximum atomic E-state index is 13.2. The highest BCUT2D eigenvalue weighted by Crippen LogP contribution is 2.20. The molecule has 8 nitrogen and oxygen atoms in total. The number of benzene rings is 2. The van der Waals surface area contributed by atoms with E-state index in [2.05, 4.69) is 15.3 Å². The van der Waals surface area contributed by atoms with Crippen LogP contribution in [0.15, 0.2) is 85.5 Å². The van der Waals surface area contributed by atoms with E-state index in [-0.39, 0.29) is 23.6 Å². The number of nitrogens with two attached hydrogens (primary N) is 1. The second-order valence-corrected chi connectivity index (χ2v) is 7.49. The summed E-state index contributed by atoms with van der Waals surface area (Å²) in [5.41, 5.74) is 7.38. The number of ketones is 1. The fraction of sp³-hybridized carbons (Fsp3) is 0.0800. The third-order valence-corrected chi connectivity index (χ3v) is 5.15. The standard InChI is InChI=1S/C25H20FN5O3/c26-18-10-8-17(9-11-18)21-14-31(15-29-21)24-19(7-4-12-28-24)25(34)30-20(22(32)23(27)33)13-16-5-2-1-3-6-16/h1-12,14-15,20H,13H2,(H2,27,33)(H,30,34). The van der Waals surface area contributed by atoms with Crippen molar-refractivity contribution in [2.24, 2.45) is 5.73 Å². The lowest BCUT2D eigenvalue weighted by atomic mass is 10.0. The molecule has 0 saturated heterocycles. The summed E-state index contributed by atoms with van der Waals surface area (Å²) in [6, 6.07) is 16.8. The number of pyridine rings is 1. The van der Waals surface area contributed by atoms with Crippen molar-refractivity contribution in [3.05, 3.63) is 102 Å². The van der Waals surface area contributed by atoms with Crippen LogP contribution in [0.1, 0.15) is 15.9 Å². The van der Waals surface area contributed by atoms with Crippen LogP contribution in [-0.4, -0.2) is 38.2 Å². The topological polar surface area (TPSA) is 120 Å². The van der Waals surface area contributed by atoms with Gasteiger partial charge in [-0.25, -0.2) is 14.4 Å². The molecule has 2 aromatic carbocycles. The summed E-state index contributed by atoms with van der Waals surface area (Å²) in [6.45, 7) is 0. The van der Waals surface area contributed by atoms with E-state index in [1.165, 1.54) is 24.7 Å². The number of amides is 2. The van der Waals surface area contributed by atoms with Gasteiger partial charge in [-0.05, 0) is 42.0 Å². The maximum Gasteiger partial charge on any atom is 0.287 e. The number of nitrogens with one attached hydrogen (secondary N) is 1. The second kappa shape index (κ2) is 9.86. The number of Topliss-reactive ketones (excluding diaryl/α,β-unsaturated/α-hetero) is 1. The molecule has 0 aliphatic rings. The smallest absolute Gasteiger partial charge is 0.287 e. The van der Waals surface area contributed by atoms with E-state index >= 15 is 0 Å². The van der Waals surface area contributed by atoms with Gasteiger partial charge < -0.3 is 11.1 Å². The predicted molar refractivity (Wildman–Crippen MR) is 122 cm³/mol. The molecule has 3 N–H and O–H groups in total. The van der Waals surface area contributed by atoms with Crippen LogP contribution in [-0.2, 0) is 16.0 Å². The van der Waals surface area contributed by atoms with Gasteiger partial charge in [0.1, 0.15) is 18.2 Å². The first-order valence-corrected chi connectivity index (χ1v) is 10.4. The van der Waals surface area contributed by atoms with Gasteiger partial charge in [0.05, 0.1) is 11.3 Å². The number of imidazole rings is 1. The number of primary amides is 1. The number of rotatable bonds is 8. The Kier molecular flexibility index (Phi) is 6.54. The fourth-order valence-corrected chi connectivity index (χ4v) is 3.46. The van der Waals surface area contributed by atoms with Crippen molar-refractivity contribution in [3.63, 3.8) is 0 Å². The van der Waals surface area contributed by atoms with Gasteiger partial charge in [0.2, 0.25) is 5.78 Å². The molecule has 1 unspecified atom stereocenters. The molecule has 9 heteroatoms. The Morgan fingerprint density at radius 1 is 0.971 bits per heavy atom. The molecule has 0 aliphatic carbocycles. The summed E-state index contributed by atoms with van der Waals surface area (Å²) in [6.07, 6.45) is 4.75. The lowest BCUT2D eigenvalue weighted by molar-refractivity contribution is -0.137. The number of hydrogen-bond acceptors (Lipinski definition) is 5. The van der Waals surface area contributed by atoms with Gasteiger partial charge in [0.25, 0.3) is 11.8 Å². The van der Waals surface area contributed by atoms with Gasteiger partial charge in [-0.1, -0.05) is 30.3 Å². The Bertz CT molecular complexity index is 1340. The molecule has 2 heterocycles. The molecule has 0 saturated carbocycles. The molecule has 2 aromatic heterocycles. The normalized spacial score (nSPS) is 11.6. The Hall–Kier alpha value is -4.66. The van der Waals surface area contributed by atoms with Crippen molar-refractivity contribution in [1.82, 2.24) is 19.9 Å². The summed E-state index contributed by atoms with van der Waals surface area (Å²) in [4.78, 5) is 45.7. The Morgan fingerprint density at radius 3 is 2.41 bits per heavy atom. The molecular weight excluding hydrogens is 437 g/mol. The van der Waals surface area contributed by atoms with Crippen LogP contribution in [0.2, 0.25) is 0 Å². The van der Waals surface area contributed by atoms with Gasteiger partial charge in [-0.3, -0.25) is 19.0 Å². The van der Waals surface area contributed by atoms with Gasteiger partial charge in [0.15, 0.2) is 5.82 Å². The summed E-state index contributed by atoms with van der Waals surface area (Å²) < 4.78 is 14.8. The van der Waals surface area contributed by atoms with Crippen LogP contribution in [0.5, 0.6) is 0 Å². The zero-order valence-electron chi connectivity index (χ0n) is 17.9. The van der Waals surface area contributed by atoms with Gasteiger partial charge in [-0.15, -0.1) is 0 Å². The highest BCUT2D eigenvalue weighted by atomic mass is 19.1. The molecule has 1 atom stereocenters. The number of carbonyl (C=O) groups is 3. The summed E-state index contributed by atoms with van der Waals surface area (Å²) in [5, 5.41) is 2.61. The van der Waals surface area contributed by atoms with Crippen molar-refractivity contribution in [2.45, 2.75) is 12.5 Å². The van der Waals surface area contributed by atoms with E-state index in [4.69, 9.17) is 5.73 Å². The van der Waals surface area contributed by atoms with Crippen molar-refractivity contribution in [2.75, 3.05) is 0 Å². The molecule has 0 radical (unpaired) electrons. The molecule has 0 bridgehead atoms. The average Bonchev–Trinajstić information content (AvgIpc) is 3.34. The monoisotopic (exact) mass is 457 g/mol. The molecule has 2 amide bonds. The lowest BCUT2D eigenvalue weighted by Crippen LogP contribution is -2.47. The van der Waals surface area contributed by atoms with Crippen LogP contribution < -0.4 is 11.1 Å². The SMILES string of the molecule is NC(=O)C(=O)C(Cc1ccccc1)NC(=O)c1cccnc1-n1cnc(-c2ccc(F)cc2)c1. The van der Waals surface area contributed by atoms with E-state index in [1.807, 2.05) is 6.07 Å². The zero-order valence-corrected chi connectivity index (χ0v) is 17.9. The highest BCUT2D eigenvalue weighted by Gasteiger charge is 2.27. The minimum Gasteiger partial charge on any atom is -0.363 e. The quantitative estimate of drug-likeness (QED) is 0.394. The van der Waals surface area contributed by atoms with Crippen molar-refractivity contribution < 1.29 is 18.8 Å². The van der Waals surface area contributed by atoms with Crippen LogP contribution >= 0.6 is 0 Å². The molecule has 4 aromatic rings. The van der Waals surface area contributed by atoms with Crippen LogP contribution in [0.3, 0.4) is 0 Å².